The first kappa shape index (κ1) is 13.0. The quantitative estimate of drug-likeness (QED) is 0.573. The number of rotatable bonds is 2. The lowest BCUT2D eigenvalue weighted by molar-refractivity contribution is 0.101. The summed E-state index contributed by atoms with van der Waals surface area (Å²) in [5, 5.41) is 0. The Hall–Kier alpha value is 0. The summed E-state index contributed by atoms with van der Waals surface area (Å²) in [6, 6.07) is 0. The van der Waals surface area contributed by atoms with Gasteiger partial charge in [0.25, 0.3) is 0 Å². The Labute approximate surface area is 85.1 Å². The van der Waals surface area contributed by atoms with Crippen molar-refractivity contribution in [1.29, 1.82) is 0 Å². The van der Waals surface area contributed by atoms with Gasteiger partial charge in [0.2, 0.25) is 0 Å². The first-order chi connectivity index (χ1) is 5.46. The monoisotopic (exact) mass is 184 g/mol. The van der Waals surface area contributed by atoms with Gasteiger partial charge in [0, 0.05) is 0 Å². The Balaban J connectivity index is 4.21. The van der Waals surface area contributed by atoms with Gasteiger partial charge in [-0.1, -0.05) is 55.4 Å². The van der Waals surface area contributed by atoms with Crippen LogP contribution in [0.15, 0.2) is 0 Å². The van der Waals surface area contributed by atoms with Crippen molar-refractivity contribution >= 4 is 0 Å². The summed E-state index contributed by atoms with van der Waals surface area (Å²) >= 11 is 0. The second-order valence-electron chi connectivity index (χ2n) is 7.19. The zero-order valence-corrected chi connectivity index (χ0v) is 10.9. The molecule has 0 aromatic heterocycles. The van der Waals surface area contributed by atoms with Crippen LogP contribution in [0.25, 0.3) is 0 Å². The van der Waals surface area contributed by atoms with Gasteiger partial charge in [0.1, 0.15) is 0 Å². The normalized spacial score (nSPS) is 14.8. The molecule has 0 aromatic carbocycles. The predicted octanol–water partition coefficient (Wildman–Crippen LogP) is 4.89. The highest BCUT2D eigenvalue weighted by Gasteiger charge is 2.33. The predicted molar refractivity (Wildman–Crippen MR) is 61.9 cm³/mol. The van der Waals surface area contributed by atoms with Crippen LogP contribution in [0.3, 0.4) is 0 Å². The van der Waals surface area contributed by atoms with E-state index < -0.39 is 0 Å². The molecule has 0 unspecified atom stereocenters. The van der Waals surface area contributed by atoms with Crippen LogP contribution < -0.4 is 0 Å². The minimum absolute atomic E-state index is 0.415. The van der Waals surface area contributed by atoms with Crippen molar-refractivity contribution in [2.45, 2.75) is 68.2 Å². The van der Waals surface area contributed by atoms with Gasteiger partial charge in [-0.05, 0) is 29.1 Å². The molecule has 0 rings (SSSR count). The fourth-order valence-electron chi connectivity index (χ4n) is 1.06. The molecule has 0 fully saturated rings. The van der Waals surface area contributed by atoms with E-state index in [0.29, 0.717) is 16.2 Å². The van der Waals surface area contributed by atoms with Gasteiger partial charge in [-0.15, -0.1) is 0 Å². The summed E-state index contributed by atoms with van der Waals surface area (Å²) < 4.78 is 0. The lowest BCUT2D eigenvalue weighted by Crippen LogP contribution is -2.30. The highest BCUT2D eigenvalue weighted by Crippen LogP contribution is 2.43. The molecule has 0 heteroatoms. The van der Waals surface area contributed by atoms with E-state index in [9.17, 15) is 0 Å². The minimum atomic E-state index is 0.415. The second kappa shape index (κ2) is 3.63. The lowest BCUT2D eigenvalue weighted by atomic mass is 9.65. The van der Waals surface area contributed by atoms with E-state index >= 15 is 0 Å². The largest absolute Gasteiger partial charge is 0.0602 e. The molecule has 0 N–H and O–H groups in total. The first-order valence-corrected chi connectivity index (χ1v) is 5.46. The third kappa shape index (κ3) is 4.69. The van der Waals surface area contributed by atoms with Gasteiger partial charge in [0.05, 0.1) is 0 Å². The molecular formula is C13H28. The van der Waals surface area contributed by atoms with Gasteiger partial charge in [-0.2, -0.15) is 0 Å². The lowest BCUT2D eigenvalue weighted by Gasteiger charge is -2.40. The van der Waals surface area contributed by atoms with Crippen LogP contribution in [0.4, 0.5) is 0 Å². The molecule has 0 heterocycles. The molecule has 0 aliphatic carbocycles. The SMILES string of the molecule is CC(C)(C)CCC(C)(C)C(C)(C)C. The van der Waals surface area contributed by atoms with Crippen LogP contribution in [0.5, 0.6) is 0 Å². The maximum Gasteiger partial charge on any atom is -0.0305 e. The fraction of sp³-hybridized carbons (Fsp3) is 1.00. The van der Waals surface area contributed by atoms with E-state index in [0.717, 1.165) is 0 Å². The van der Waals surface area contributed by atoms with Crippen LogP contribution in [0.1, 0.15) is 68.2 Å². The highest BCUT2D eigenvalue weighted by molar-refractivity contribution is 4.83. The van der Waals surface area contributed by atoms with Crippen LogP contribution in [-0.2, 0) is 0 Å². The van der Waals surface area contributed by atoms with E-state index in [4.69, 9.17) is 0 Å². The summed E-state index contributed by atoms with van der Waals surface area (Å²) in [5.41, 5.74) is 1.33. The molecule has 0 spiro atoms. The van der Waals surface area contributed by atoms with Gasteiger partial charge < -0.3 is 0 Å². The molecular weight excluding hydrogens is 156 g/mol. The molecule has 0 saturated heterocycles. The average molecular weight is 184 g/mol. The molecule has 0 radical (unpaired) electrons. The van der Waals surface area contributed by atoms with E-state index in [1.807, 2.05) is 0 Å². The summed E-state index contributed by atoms with van der Waals surface area (Å²) in [7, 11) is 0. The number of hydrogen-bond donors (Lipinski definition) is 0. The number of hydrogen-bond acceptors (Lipinski definition) is 0. The smallest absolute Gasteiger partial charge is 0.0305 e. The molecule has 0 bridgehead atoms. The molecule has 0 atom stereocenters. The molecule has 80 valence electrons. The summed E-state index contributed by atoms with van der Waals surface area (Å²) in [5.74, 6) is 0. The fourth-order valence-corrected chi connectivity index (χ4v) is 1.06. The Morgan fingerprint density at radius 1 is 0.615 bits per heavy atom. The standard InChI is InChI=1S/C13H28/c1-11(2,3)9-10-13(7,8)12(4,5)6/h9-10H2,1-8H3. The van der Waals surface area contributed by atoms with Crippen molar-refractivity contribution in [2.75, 3.05) is 0 Å². The Morgan fingerprint density at radius 2 is 1.00 bits per heavy atom. The molecule has 0 aromatic rings. The van der Waals surface area contributed by atoms with Gasteiger partial charge in [-0.25, -0.2) is 0 Å². The van der Waals surface area contributed by atoms with Crippen molar-refractivity contribution in [2.24, 2.45) is 16.2 Å². The average Bonchev–Trinajstić information content (AvgIpc) is 1.79. The van der Waals surface area contributed by atoms with Crippen molar-refractivity contribution in [1.82, 2.24) is 0 Å². The van der Waals surface area contributed by atoms with Gasteiger partial charge in [-0.3, -0.25) is 0 Å². The van der Waals surface area contributed by atoms with Gasteiger partial charge in [0.15, 0.2) is 0 Å². The Kier molecular flexibility index (Phi) is 3.63. The molecule has 0 amide bonds. The Bertz CT molecular complexity index is 150. The van der Waals surface area contributed by atoms with E-state index in [2.05, 4.69) is 55.4 Å². The molecule has 0 nitrogen and oxygen atoms in total. The zero-order chi connectivity index (χ0) is 10.9. The minimum Gasteiger partial charge on any atom is -0.0602 e. The van der Waals surface area contributed by atoms with Crippen molar-refractivity contribution < 1.29 is 0 Å². The second-order valence-corrected chi connectivity index (χ2v) is 7.19. The van der Waals surface area contributed by atoms with E-state index in [1.165, 1.54) is 12.8 Å². The summed E-state index contributed by atoms with van der Waals surface area (Å²) in [6.07, 6.45) is 2.64. The van der Waals surface area contributed by atoms with E-state index in [-0.39, 0.29) is 0 Å². The third-order valence-corrected chi connectivity index (χ3v) is 3.53. The van der Waals surface area contributed by atoms with Crippen LogP contribution in [0, 0.1) is 16.2 Å². The van der Waals surface area contributed by atoms with Crippen molar-refractivity contribution in [3.63, 3.8) is 0 Å². The Morgan fingerprint density at radius 3 is 1.23 bits per heavy atom. The molecule has 0 saturated carbocycles. The van der Waals surface area contributed by atoms with Crippen molar-refractivity contribution in [3.8, 4) is 0 Å². The van der Waals surface area contributed by atoms with Crippen LogP contribution in [0.2, 0.25) is 0 Å². The zero-order valence-electron chi connectivity index (χ0n) is 10.9. The van der Waals surface area contributed by atoms with E-state index in [1.54, 1.807) is 0 Å². The summed E-state index contributed by atoms with van der Waals surface area (Å²) in [4.78, 5) is 0. The van der Waals surface area contributed by atoms with Crippen molar-refractivity contribution in [3.05, 3.63) is 0 Å². The maximum atomic E-state index is 2.39. The van der Waals surface area contributed by atoms with Gasteiger partial charge >= 0.3 is 0 Å². The van der Waals surface area contributed by atoms with Crippen LogP contribution in [-0.4, -0.2) is 0 Å². The molecule has 0 aliphatic rings. The first-order valence-electron chi connectivity index (χ1n) is 5.46. The third-order valence-electron chi connectivity index (χ3n) is 3.53. The molecule has 0 aliphatic heterocycles. The van der Waals surface area contributed by atoms with Crippen LogP contribution >= 0.6 is 0 Å². The molecule has 13 heavy (non-hydrogen) atoms. The highest BCUT2D eigenvalue weighted by atomic mass is 14.4. The maximum absolute atomic E-state index is 2.39. The summed E-state index contributed by atoms with van der Waals surface area (Å²) in [6.45, 7) is 18.8. The topological polar surface area (TPSA) is 0 Å².